The molecular weight excluding hydrogens is 453 g/mol. The predicted octanol–water partition coefficient (Wildman–Crippen LogP) is 2.58. The van der Waals surface area contributed by atoms with Crippen molar-refractivity contribution in [3.63, 3.8) is 0 Å². The summed E-state index contributed by atoms with van der Waals surface area (Å²) >= 11 is 0. The third-order valence-electron chi connectivity index (χ3n) is 8.26. The Morgan fingerprint density at radius 1 is 0.794 bits per heavy atom. The SMILES string of the molecule is O=C(COC1CCC(F)C(F)C1)NC12CCC(NC(=O)COC3CCC(F)CC3)(CC1)C(O)C2. The van der Waals surface area contributed by atoms with Gasteiger partial charge in [0, 0.05) is 12.0 Å². The molecule has 0 heterocycles. The minimum atomic E-state index is -1.55. The number of rotatable bonds is 8. The molecule has 0 saturated heterocycles. The molecule has 5 fully saturated rings. The highest BCUT2D eigenvalue weighted by Gasteiger charge is 2.55. The molecule has 5 saturated carbocycles. The minimum absolute atomic E-state index is 0.0403. The number of hydrogen-bond donors (Lipinski definition) is 3. The lowest BCUT2D eigenvalue weighted by atomic mass is 9.60. The van der Waals surface area contributed by atoms with Crippen LogP contribution in [0.25, 0.3) is 0 Å². The number of carbonyl (C=O) groups excluding carboxylic acids is 2. The van der Waals surface area contributed by atoms with Crippen molar-refractivity contribution in [2.75, 3.05) is 13.2 Å². The lowest BCUT2D eigenvalue weighted by Crippen LogP contribution is -2.70. The van der Waals surface area contributed by atoms with Gasteiger partial charge in [0.25, 0.3) is 0 Å². The van der Waals surface area contributed by atoms with Gasteiger partial charge in [-0.05, 0) is 70.6 Å². The number of aliphatic hydroxyl groups is 1. The molecule has 194 valence electrons. The number of nitrogens with one attached hydrogen (secondary N) is 2. The number of ether oxygens (including phenoxy) is 2. The average Bonchev–Trinajstić information content (AvgIpc) is 2.81. The van der Waals surface area contributed by atoms with Crippen molar-refractivity contribution in [1.82, 2.24) is 10.6 Å². The lowest BCUT2D eigenvalue weighted by Gasteiger charge is -2.56. The summed E-state index contributed by atoms with van der Waals surface area (Å²) in [5.74, 6) is -0.623. The van der Waals surface area contributed by atoms with Crippen LogP contribution in [0.15, 0.2) is 0 Å². The molecule has 7 nitrogen and oxygen atoms in total. The number of aliphatic hydroxyl groups excluding tert-OH is 1. The Kier molecular flexibility index (Phi) is 8.09. The Hall–Kier alpha value is -1.39. The molecule has 4 unspecified atom stereocenters. The molecule has 4 atom stereocenters. The van der Waals surface area contributed by atoms with Gasteiger partial charge in [-0.3, -0.25) is 9.59 Å². The summed E-state index contributed by atoms with van der Waals surface area (Å²) in [7, 11) is 0. The van der Waals surface area contributed by atoms with Gasteiger partial charge < -0.3 is 25.2 Å². The van der Waals surface area contributed by atoms with Gasteiger partial charge in [-0.1, -0.05) is 0 Å². The number of hydrogen-bond acceptors (Lipinski definition) is 5. The van der Waals surface area contributed by atoms with E-state index in [1.54, 1.807) is 0 Å². The largest absolute Gasteiger partial charge is 0.391 e. The third kappa shape index (κ3) is 6.05. The van der Waals surface area contributed by atoms with E-state index in [9.17, 15) is 27.9 Å². The molecule has 5 rings (SSSR count). The molecule has 0 aromatic carbocycles. The van der Waals surface area contributed by atoms with E-state index in [2.05, 4.69) is 10.6 Å². The van der Waals surface area contributed by atoms with Gasteiger partial charge in [-0.15, -0.1) is 0 Å². The number of fused-ring (bicyclic) bond motifs is 3. The van der Waals surface area contributed by atoms with E-state index in [0.717, 1.165) is 0 Å². The second-order valence-corrected chi connectivity index (χ2v) is 10.7. The summed E-state index contributed by atoms with van der Waals surface area (Å²) < 4.78 is 51.2. The molecule has 5 aliphatic rings. The fourth-order valence-corrected chi connectivity index (χ4v) is 6.08. The first-order chi connectivity index (χ1) is 16.2. The molecule has 0 radical (unpaired) electrons. The highest BCUT2D eigenvalue weighted by atomic mass is 19.2. The first-order valence-corrected chi connectivity index (χ1v) is 12.6. The van der Waals surface area contributed by atoms with E-state index in [1.807, 2.05) is 0 Å². The van der Waals surface area contributed by atoms with Crippen molar-refractivity contribution < 1.29 is 37.3 Å². The number of carbonyl (C=O) groups is 2. The number of amides is 2. The molecule has 0 aromatic rings. The van der Waals surface area contributed by atoms with Gasteiger partial charge in [0.2, 0.25) is 11.8 Å². The minimum Gasteiger partial charge on any atom is -0.391 e. The maximum Gasteiger partial charge on any atom is 0.246 e. The molecule has 0 spiro atoms. The van der Waals surface area contributed by atoms with Gasteiger partial charge in [-0.2, -0.15) is 0 Å². The van der Waals surface area contributed by atoms with Crippen molar-refractivity contribution in [1.29, 1.82) is 0 Å². The van der Waals surface area contributed by atoms with Crippen LogP contribution < -0.4 is 10.6 Å². The molecule has 2 bridgehead atoms. The summed E-state index contributed by atoms with van der Waals surface area (Å²) in [6, 6.07) is 0. The molecular formula is C24H37F3N2O5. The quantitative estimate of drug-likeness (QED) is 0.486. The Labute approximate surface area is 198 Å². The van der Waals surface area contributed by atoms with E-state index >= 15 is 0 Å². The molecule has 34 heavy (non-hydrogen) atoms. The Morgan fingerprint density at radius 3 is 2.00 bits per heavy atom. The van der Waals surface area contributed by atoms with Crippen LogP contribution in [0, 0.1) is 0 Å². The van der Waals surface area contributed by atoms with Crippen molar-refractivity contribution in [2.45, 2.75) is 125 Å². The van der Waals surface area contributed by atoms with Crippen molar-refractivity contribution in [2.24, 2.45) is 0 Å². The monoisotopic (exact) mass is 490 g/mol. The molecule has 5 aliphatic carbocycles. The van der Waals surface area contributed by atoms with Crippen LogP contribution in [0.5, 0.6) is 0 Å². The fourth-order valence-electron chi connectivity index (χ4n) is 6.08. The molecule has 0 aliphatic heterocycles. The van der Waals surface area contributed by atoms with Crippen LogP contribution in [-0.2, 0) is 19.1 Å². The lowest BCUT2D eigenvalue weighted by molar-refractivity contribution is -0.142. The highest BCUT2D eigenvalue weighted by Crippen LogP contribution is 2.47. The van der Waals surface area contributed by atoms with Gasteiger partial charge in [-0.25, -0.2) is 13.2 Å². The van der Waals surface area contributed by atoms with Crippen LogP contribution in [-0.4, -0.2) is 78.0 Å². The van der Waals surface area contributed by atoms with E-state index in [4.69, 9.17) is 9.47 Å². The van der Waals surface area contributed by atoms with Crippen LogP contribution in [0.1, 0.15) is 77.0 Å². The number of halogens is 3. The zero-order valence-corrected chi connectivity index (χ0v) is 19.6. The normalized spacial score (nSPS) is 42.2. The molecule has 0 aromatic heterocycles. The molecule has 10 heteroatoms. The summed E-state index contributed by atoms with van der Waals surface area (Å²) in [6.45, 7) is -0.338. The van der Waals surface area contributed by atoms with Crippen molar-refractivity contribution in [3.8, 4) is 0 Å². The van der Waals surface area contributed by atoms with E-state index in [1.165, 1.54) is 0 Å². The Balaban J connectivity index is 1.20. The highest BCUT2D eigenvalue weighted by molar-refractivity contribution is 5.79. The van der Waals surface area contributed by atoms with Crippen molar-refractivity contribution >= 4 is 11.8 Å². The Morgan fingerprint density at radius 2 is 1.38 bits per heavy atom. The zero-order valence-electron chi connectivity index (χ0n) is 19.6. The van der Waals surface area contributed by atoms with E-state index < -0.39 is 41.8 Å². The van der Waals surface area contributed by atoms with Crippen LogP contribution in [0.4, 0.5) is 13.2 Å². The molecule has 3 N–H and O–H groups in total. The predicted molar refractivity (Wildman–Crippen MR) is 117 cm³/mol. The second kappa shape index (κ2) is 10.7. The average molecular weight is 491 g/mol. The summed E-state index contributed by atoms with van der Waals surface area (Å²) in [4.78, 5) is 25.0. The maximum atomic E-state index is 13.5. The number of alkyl halides is 3. The first-order valence-electron chi connectivity index (χ1n) is 12.6. The smallest absolute Gasteiger partial charge is 0.246 e. The first kappa shape index (κ1) is 25.7. The van der Waals surface area contributed by atoms with Crippen LogP contribution in [0.3, 0.4) is 0 Å². The van der Waals surface area contributed by atoms with Crippen molar-refractivity contribution in [3.05, 3.63) is 0 Å². The maximum absolute atomic E-state index is 13.5. The zero-order chi connectivity index (χ0) is 24.3. The van der Waals surface area contributed by atoms with Gasteiger partial charge >= 0.3 is 0 Å². The third-order valence-corrected chi connectivity index (χ3v) is 8.26. The van der Waals surface area contributed by atoms with E-state index in [0.29, 0.717) is 64.2 Å². The van der Waals surface area contributed by atoms with E-state index in [-0.39, 0.29) is 44.0 Å². The van der Waals surface area contributed by atoms with Gasteiger partial charge in [0.1, 0.15) is 31.7 Å². The second-order valence-electron chi connectivity index (χ2n) is 10.7. The Bertz CT molecular complexity index is 725. The molecule has 2 amide bonds. The topological polar surface area (TPSA) is 96.9 Å². The summed E-state index contributed by atoms with van der Waals surface area (Å²) in [6.07, 6.45) is 0.0108. The summed E-state index contributed by atoms with van der Waals surface area (Å²) in [5.41, 5.74) is -1.30. The standard InChI is InChI=1S/C24H37F3N2O5/c25-15-1-3-16(4-2-15)33-14-22(32)29-24-9-7-23(8-10-24,12-20(24)30)28-21(31)13-34-17-5-6-18(26)19(27)11-17/h15-20,30H,1-14H2,(H,28,31)(H,29,32). The van der Waals surface area contributed by atoms with Crippen LogP contribution >= 0.6 is 0 Å². The van der Waals surface area contributed by atoms with Crippen LogP contribution in [0.2, 0.25) is 0 Å². The van der Waals surface area contributed by atoms with Gasteiger partial charge in [0.05, 0.1) is 23.9 Å². The summed E-state index contributed by atoms with van der Waals surface area (Å²) in [5, 5.41) is 16.8. The van der Waals surface area contributed by atoms with Gasteiger partial charge in [0.15, 0.2) is 0 Å². The fraction of sp³-hybridized carbons (Fsp3) is 0.917.